The van der Waals surface area contributed by atoms with Crippen LogP contribution >= 0.6 is 11.3 Å². The molecule has 177 valence electrons. The lowest BCUT2D eigenvalue weighted by molar-refractivity contribution is 0.201. The molecule has 0 saturated heterocycles. The number of ether oxygens (including phenoxy) is 2. The molecular formula is C28H33F2O2S. The molecule has 3 aromatic rings. The third kappa shape index (κ3) is 4.84. The van der Waals surface area contributed by atoms with E-state index in [0.717, 1.165) is 66.6 Å². The Bertz CT molecular complexity index is 1090. The summed E-state index contributed by atoms with van der Waals surface area (Å²) in [4.78, 5) is 0. The summed E-state index contributed by atoms with van der Waals surface area (Å²) in [6, 6.07) is 7.10. The van der Waals surface area contributed by atoms with Gasteiger partial charge in [0.2, 0.25) is 0 Å². The average Bonchev–Trinajstić information content (AvgIpc) is 3.48. The lowest BCUT2D eigenvalue weighted by atomic mass is 9.80. The molecule has 0 spiro atoms. The predicted octanol–water partition coefficient (Wildman–Crippen LogP) is 8.99. The Morgan fingerprint density at radius 1 is 0.879 bits per heavy atom. The number of benzene rings is 2. The number of hydrogen-bond donors (Lipinski definition) is 0. The number of halogens is 2. The van der Waals surface area contributed by atoms with Crippen molar-refractivity contribution >= 4 is 31.5 Å². The molecule has 1 heterocycles. The van der Waals surface area contributed by atoms with E-state index in [0.29, 0.717) is 16.0 Å². The summed E-state index contributed by atoms with van der Waals surface area (Å²) in [6.07, 6.45) is 12.8. The summed E-state index contributed by atoms with van der Waals surface area (Å²) < 4.78 is 43.3. The summed E-state index contributed by atoms with van der Waals surface area (Å²) in [5.74, 6) is 1.99. The highest BCUT2D eigenvalue weighted by atomic mass is 32.1. The highest BCUT2D eigenvalue weighted by Gasteiger charge is 2.24. The first-order valence-electron chi connectivity index (χ1n) is 12.6. The van der Waals surface area contributed by atoms with E-state index in [4.69, 9.17) is 9.47 Å². The molecule has 0 N–H and O–H groups in total. The Morgan fingerprint density at radius 3 is 2.18 bits per heavy atom. The fraction of sp³-hybridized carbons (Fsp3) is 0.536. The van der Waals surface area contributed by atoms with Crippen molar-refractivity contribution < 1.29 is 18.3 Å². The van der Waals surface area contributed by atoms with Crippen molar-refractivity contribution in [2.45, 2.75) is 83.7 Å². The van der Waals surface area contributed by atoms with Gasteiger partial charge in [0.1, 0.15) is 0 Å². The minimum Gasteiger partial charge on any atom is -0.490 e. The van der Waals surface area contributed by atoms with E-state index in [1.807, 2.05) is 12.1 Å². The Labute approximate surface area is 199 Å². The van der Waals surface area contributed by atoms with E-state index in [9.17, 15) is 0 Å². The molecule has 5 rings (SSSR count). The topological polar surface area (TPSA) is 18.5 Å². The molecule has 2 fully saturated rings. The van der Waals surface area contributed by atoms with Crippen LogP contribution in [0.1, 0.15) is 77.6 Å². The first-order valence-corrected chi connectivity index (χ1v) is 13.4. The van der Waals surface area contributed by atoms with Gasteiger partial charge in [0.05, 0.1) is 22.1 Å². The zero-order valence-corrected chi connectivity index (χ0v) is 20.2. The van der Waals surface area contributed by atoms with Gasteiger partial charge in [-0.3, -0.25) is 0 Å². The van der Waals surface area contributed by atoms with E-state index in [1.54, 1.807) is 12.1 Å². The second-order valence-electron chi connectivity index (χ2n) is 9.76. The quantitative estimate of drug-likeness (QED) is 0.326. The summed E-state index contributed by atoms with van der Waals surface area (Å²) in [7, 11) is 0. The van der Waals surface area contributed by atoms with Gasteiger partial charge in [-0.25, -0.2) is 8.78 Å². The van der Waals surface area contributed by atoms with Crippen molar-refractivity contribution in [3.8, 4) is 11.5 Å². The summed E-state index contributed by atoms with van der Waals surface area (Å²) in [5.41, 5.74) is 0. The van der Waals surface area contributed by atoms with Crippen LogP contribution in [0.4, 0.5) is 8.78 Å². The second kappa shape index (κ2) is 10.2. The molecule has 2 nitrogen and oxygen atoms in total. The first-order chi connectivity index (χ1) is 16.1. The van der Waals surface area contributed by atoms with Crippen LogP contribution in [0.25, 0.3) is 20.2 Å². The highest BCUT2D eigenvalue weighted by Crippen LogP contribution is 2.42. The monoisotopic (exact) mass is 471 g/mol. The van der Waals surface area contributed by atoms with Crippen molar-refractivity contribution in [3.05, 3.63) is 41.8 Å². The molecule has 0 amide bonds. The van der Waals surface area contributed by atoms with E-state index in [2.05, 4.69) is 6.92 Å². The molecule has 2 aliphatic carbocycles. The van der Waals surface area contributed by atoms with Crippen LogP contribution in [0.3, 0.4) is 0 Å². The molecule has 5 heteroatoms. The number of rotatable bonds is 8. The number of unbranched alkanes of at least 4 members (excludes halogenated alkanes) is 1. The first kappa shape index (κ1) is 22.9. The summed E-state index contributed by atoms with van der Waals surface area (Å²) in [6.45, 7) is 2.72. The third-order valence-corrected chi connectivity index (χ3v) is 8.63. The third-order valence-electron chi connectivity index (χ3n) is 7.42. The average molecular weight is 472 g/mol. The van der Waals surface area contributed by atoms with Gasteiger partial charge in [-0.05, 0) is 81.5 Å². The molecule has 0 aliphatic heterocycles. The molecule has 1 radical (unpaired) electrons. The Morgan fingerprint density at radius 2 is 1.52 bits per heavy atom. The van der Waals surface area contributed by atoms with E-state index < -0.39 is 0 Å². The number of fused-ring (bicyclic) bond motifs is 3. The van der Waals surface area contributed by atoms with Crippen molar-refractivity contribution in [3.63, 3.8) is 0 Å². The minimum absolute atomic E-state index is 0.0854. The summed E-state index contributed by atoms with van der Waals surface area (Å²) in [5, 5.41) is 1.46. The molecule has 1 aromatic heterocycles. The Hall–Kier alpha value is -1.88. The Balaban J connectivity index is 1.30. The molecule has 2 aliphatic rings. The van der Waals surface area contributed by atoms with Gasteiger partial charge in [0.25, 0.3) is 0 Å². The highest BCUT2D eigenvalue weighted by molar-refractivity contribution is 7.25. The van der Waals surface area contributed by atoms with Gasteiger partial charge < -0.3 is 9.47 Å². The standard InChI is InChI=1S/C28H33F2O2S/c1-2-3-6-18-9-11-19(12-10-18)17-31-23-15-13-21-22-14-16-24(32-20-7-4-5-8-20)26(30)28(22)33-27(21)25(23)29/h13-16,18,20H,2-12,17H2,1H3. The smallest absolute Gasteiger partial charge is 0.182 e. The van der Waals surface area contributed by atoms with Crippen LogP contribution in [0.15, 0.2) is 24.3 Å². The number of hydrogen-bond acceptors (Lipinski definition) is 3. The zero-order chi connectivity index (χ0) is 22.8. The van der Waals surface area contributed by atoms with Gasteiger partial charge in [0, 0.05) is 16.7 Å². The molecular weight excluding hydrogens is 438 g/mol. The van der Waals surface area contributed by atoms with Gasteiger partial charge in [-0.15, -0.1) is 11.3 Å². The minimum atomic E-state index is -0.386. The van der Waals surface area contributed by atoms with Crippen molar-refractivity contribution in [1.29, 1.82) is 0 Å². The molecule has 0 atom stereocenters. The molecule has 2 aromatic carbocycles. The van der Waals surface area contributed by atoms with Crippen LogP contribution in [0.2, 0.25) is 0 Å². The lowest BCUT2D eigenvalue weighted by Crippen LogP contribution is -2.18. The fourth-order valence-corrected chi connectivity index (χ4v) is 6.54. The van der Waals surface area contributed by atoms with Crippen molar-refractivity contribution in [1.82, 2.24) is 0 Å². The van der Waals surface area contributed by atoms with Crippen LogP contribution in [0.5, 0.6) is 11.5 Å². The van der Waals surface area contributed by atoms with Crippen LogP contribution in [0, 0.1) is 23.5 Å². The van der Waals surface area contributed by atoms with E-state index in [-0.39, 0.29) is 29.2 Å². The van der Waals surface area contributed by atoms with Crippen LogP contribution in [-0.4, -0.2) is 12.7 Å². The second-order valence-corrected chi connectivity index (χ2v) is 10.8. The van der Waals surface area contributed by atoms with Crippen molar-refractivity contribution in [2.24, 2.45) is 5.92 Å². The SMILES string of the molecule is CCCCC1CC[C](COc2ccc3c(sc4c(F)c(OC5CCCC5)ccc43)c2F)CC1. The van der Waals surface area contributed by atoms with Gasteiger partial charge in [-0.2, -0.15) is 0 Å². The molecule has 0 bridgehead atoms. The maximum Gasteiger partial charge on any atom is 0.182 e. The van der Waals surface area contributed by atoms with E-state index in [1.165, 1.54) is 38.0 Å². The Kier molecular flexibility index (Phi) is 7.05. The largest absolute Gasteiger partial charge is 0.490 e. The van der Waals surface area contributed by atoms with Crippen LogP contribution in [-0.2, 0) is 0 Å². The van der Waals surface area contributed by atoms with Gasteiger partial charge >= 0.3 is 0 Å². The lowest BCUT2D eigenvalue weighted by Gasteiger charge is -2.28. The van der Waals surface area contributed by atoms with Gasteiger partial charge in [0.15, 0.2) is 23.1 Å². The predicted molar refractivity (Wildman–Crippen MR) is 132 cm³/mol. The maximum atomic E-state index is 15.3. The fourth-order valence-electron chi connectivity index (χ4n) is 5.38. The van der Waals surface area contributed by atoms with Crippen molar-refractivity contribution in [2.75, 3.05) is 6.61 Å². The normalized spacial score (nSPS) is 18.5. The van der Waals surface area contributed by atoms with Gasteiger partial charge in [-0.1, -0.05) is 26.2 Å². The maximum absolute atomic E-state index is 15.3. The zero-order valence-electron chi connectivity index (χ0n) is 19.4. The summed E-state index contributed by atoms with van der Waals surface area (Å²) >= 11 is 1.15. The van der Waals surface area contributed by atoms with E-state index >= 15 is 8.78 Å². The van der Waals surface area contributed by atoms with Crippen LogP contribution < -0.4 is 9.47 Å². The molecule has 0 unspecified atom stereocenters. The molecule has 33 heavy (non-hydrogen) atoms. The molecule has 2 saturated carbocycles. The number of thiophene rings is 1.